The second-order valence-corrected chi connectivity index (χ2v) is 6.73. The van der Waals surface area contributed by atoms with Crippen molar-refractivity contribution in [2.45, 2.75) is 31.6 Å². The van der Waals surface area contributed by atoms with E-state index in [4.69, 9.17) is 4.74 Å². The van der Waals surface area contributed by atoms with Crippen LogP contribution in [0.4, 0.5) is 0 Å². The van der Waals surface area contributed by atoms with Gasteiger partial charge in [0.2, 0.25) is 5.88 Å². The largest absolute Gasteiger partial charge is 0.481 e. The zero-order chi connectivity index (χ0) is 13.2. The lowest BCUT2D eigenvalue weighted by Crippen LogP contribution is -2.45. The smallest absolute Gasteiger partial charge is 0.213 e. The molecule has 2 rings (SSSR count). The van der Waals surface area contributed by atoms with Crippen LogP contribution in [0.25, 0.3) is 0 Å². The second-order valence-electron chi connectivity index (χ2n) is 5.63. The summed E-state index contributed by atoms with van der Waals surface area (Å²) >= 11 is 3.78. The van der Waals surface area contributed by atoms with Gasteiger partial charge in [-0.15, -0.1) is 0 Å². The monoisotopic (exact) mass is 312 g/mol. The minimum Gasteiger partial charge on any atom is -0.481 e. The Morgan fingerprint density at radius 3 is 2.94 bits per heavy atom. The molecule has 1 aromatic heterocycles. The quantitative estimate of drug-likeness (QED) is 0.802. The molecular weight excluding hydrogens is 292 g/mol. The molecule has 3 nitrogen and oxygen atoms in total. The molecule has 1 fully saturated rings. The number of hydrogen-bond donors (Lipinski definition) is 0. The molecule has 0 radical (unpaired) electrons. The summed E-state index contributed by atoms with van der Waals surface area (Å²) < 4.78 is 5.16. The van der Waals surface area contributed by atoms with Crippen molar-refractivity contribution in [2.75, 3.05) is 20.2 Å². The van der Waals surface area contributed by atoms with Crippen LogP contribution < -0.4 is 4.74 Å². The molecule has 1 unspecified atom stereocenters. The van der Waals surface area contributed by atoms with E-state index in [2.05, 4.69) is 45.7 Å². The predicted octanol–water partition coefficient (Wildman–Crippen LogP) is 3.09. The van der Waals surface area contributed by atoms with E-state index in [1.165, 1.54) is 6.42 Å². The Hall–Kier alpha value is -0.610. The van der Waals surface area contributed by atoms with Crippen molar-refractivity contribution in [3.63, 3.8) is 0 Å². The maximum absolute atomic E-state index is 5.16. The Kier molecular flexibility index (Phi) is 4.28. The number of methoxy groups -OCH3 is 1. The summed E-state index contributed by atoms with van der Waals surface area (Å²) in [6.45, 7) is 7.76. The van der Waals surface area contributed by atoms with Gasteiger partial charge in [-0.05, 0) is 24.4 Å². The van der Waals surface area contributed by atoms with Gasteiger partial charge in [-0.2, -0.15) is 0 Å². The number of aromatic nitrogens is 1. The summed E-state index contributed by atoms with van der Waals surface area (Å²) in [5.74, 6) is 0.696. The van der Waals surface area contributed by atoms with Crippen molar-refractivity contribution in [2.24, 2.45) is 5.41 Å². The third kappa shape index (κ3) is 3.23. The average Bonchev–Trinajstić information content (AvgIpc) is 2.34. The highest BCUT2D eigenvalue weighted by atomic mass is 79.9. The van der Waals surface area contributed by atoms with E-state index in [1.807, 2.05) is 12.1 Å². The fourth-order valence-electron chi connectivity index (χ4n) is 2.46. The predicted molar refractivity (Wildman–Crippen MR) is 77.2 cm³/mol. The Balaban J connectivity index is 2.01. The van der Waals surface area contributed by atoms with Gasteiger partial charge in [0.15, 0.2) is 0 Å². The standard InChI is InChI=1S/C14H21BrN2O/c1-14(2)10-17(8-7-12(14)15)9-11-5-4-6-13(16-11)18-3/h4-6,12H,7-10H2,1-3H3. The van der Waals surface area contributed by atoms with Crippen LogP contribution >= 0.6 is 15.9 Å². The summed E-state index contributed by atoms with van der Waals surface area (Å²) in [5, 5.41) is 0. The number of alkyl halides is 1. The first-order valence-electron chi connectivity index (χ1n) is 6.37. The van der Waals surface area contributed by atoms with Gasteiger partial charge in [-0.3, -0.25) is 4.90 Å². The number of nitrogens with zero attached hydrogens (tertiary/aromatic N) is 2. The molecule has 0 N–H and O–H groups in total. The fraction of sp³-hybridized carbons (Fsp3) is 0.643. The van der Waals surface area contributed by atoms with E-state index in [0.717, 1.165) is 25.3 Å². The van der Waals surface area contributed by atoms with Crippen molar-refractivity contribution < 1.29 is 4.74 Å². The molecule has 4 heteroatoms. The third-order valence-corrected chi connectivity index (χ3v) is 5.25. The van der Waals surface area contributed by atoms with E-state index < -0.39 is 0 Å². The van der Waals surface area contributed by atoms with Gasteiger partial charge in [-0.1, -0.05) is 35.8 Å². The number of ether oxygens (including phenoxy) is 1. The highest BCUT2D eigenvalue weighted by molar-refractivity contribution is 9.09. The van der Waals surface area contributed by atoms with Crippen LogP contribution in [0.5, 0.6) is 5.88 Å². The van der Waals surface area contributed by atoms with Crippen LogP contribution in [0.15, 0.2) is 18.2 Å². The first kappa shape index (κ1) is 13.8. The number of pyridine rings is 1. The van der Waals surface area contributed by atoms with Crippen LogP contribution in [-0.2, 0) is 6.54 Å². The van der Waals surface area contributed by atoms with Crippen molar-refractivity contribution >= 4 is 15.9 Å². The lowest BCUT2D eigenvalue weighted by molar-refractivity contribution is 0.119. The summed E-state index contributed by atoms with van der Waals surface area (Å²) in [7, 11) is 1.66. The van der Waals surface area contributed by atoms with E-state index in [0.29, 0.717) is 16.1 Å². The van der Waals surface area contributed by atoms with Gasteiger partial charge in [-0.25, -0.2) is 4.98 Å². The molecule has 0 amide bonds. The molecule has 18 heavy (non-hydrogen) atoms. The molecule has 1 aliphatic heterocycles. The maximum Gasteiger partial charge on any atom is 0.213 e. The molecule has 0 bridgehead atoms. The van der Waals surface area contributed by atoms with Crippen LogP contribution in [-0.4, -0.2) is 34.9 Å². The van der Waals surface area contributed by atoms with Gasteiger partial charge >= 0.3 is 0 Å². The van der Waals surface area contributed by atoms with Crippen molar-refractivity contribution in [3.05, 3.63) is 23.9 Å². The number of halogens is 1. The zero-order valence-electron chi connectivity index (χ0n) is 11.3. The van der Waals surface area contributed by atoms with Crippen LogP contribution in [0, 0.1) is 5.41 Å². The Morgan fingerprint density at radius 2 is 2.28 bits per heavy atom. The minimum absolute atomic E-state index is 0.317. The second kappa shape index (κ2) is 5.57. The van der Waals surface area contributed by atoms with E-state index >= 15 is 0 Å². The Bertz CT molecular complexity index is 409. The molecule has 0 aromatic carbocycles. The molecule has 0 saturated carbocycles. The van der Waals surface area contributed by atoms with Crippen LogP contribution in [0.2, 0.25) is 0 Å². The molecule has 1 aliphatic rings. The maximum atomic E-state index is 5.16. The van der Waals surface area contributed by atoms with E-state index in [1.54, 1.807) is 7.11 Å². The van der Waals surface area contributed by atoms with Gasteiger partial charge in [0.25, 0.3) is 0 Å². The van der Waals surface area contributed by atoms with Crippen molar-refractivity contribution in [1.82, 2.24) is 9.88 Å². The van der Waals surface area contributed by atoms with Crippen molar-refractivity contribution in [1.29, 1.82) is 0 Å². The first-order valence-corrected chi connectivity index (χ1v) is 7.29. The van der Waals surface area contributed by atoms with Crippen LogP contribution in [0.1, 0.15) is 26.0 Å². The lowest BCUT2D eigenvalue weighted by atomic mass is 9.84. The van der Waals surface area contributed by atoms with E-state index in [9.17, 15) is 0 Å². The van der Waals surface area contributed by atoms with Gasteiger partial charge in [0.05, 0.1) is 12.8 Å². The minimum atomic E-state index is 0.317. The van der Waals surface area contributed by atoms with Crippen LogP contribution in [0.3, 0.4) is 0 Å². The summed E-state index contributed by atoms with van der Waals surface area (Å²) in [4.78, 5) is 7.56. The SMILES string of the molecule is COc1cccc(CN2CCC(Br)C(C)(C)C2)n1. The molecular formula is C14H21BrN2O. The highest BCUT2D eigenvalue weighted by Gasteiger charge is 2.34. The number of rotatable bonds is 3. The zero-order valence-corrected chi connectivity index (χ0v) is 12.9. The average molecular weight is 313 g/mol. The molecule has 2 heterocycles. The molecule has 1 atom stereocenters. The summed E-state index contributed by atoms with van der Waals surface area (Å²) in [6, 6.07) is 5.96. The number of piperidine rings is 1. The summed E-state index contributed by atoms with van der Waals surface area (Å²) in [6.07, 6.45) is 1.19. The Morgan fingerprint density at radius 1 is 1.50 bits per heavy atom. The van der Waals surface area contributed by atoms with E-state index in [-0.39, 0.29) is 0 Å². The van der Waals surface area contributed by atoms with Gasteiger partial charge < -0.3 is 4.74 Å². The topological polar surface area (TPSA) is 25.4 Å². The van der Waals surface area contributed by atoms with Crippen molar-refractivity contribution in [3.8, 4) is 5.88 Å². The Labute approximate surface area is 118 Å². The fourth-order valence-corrected chi connectivity index (χ4v) is 2.81. The molecule has 100 valence electrons. The summed E-state index contributed by atoms with van der Waals surface area (Å²) in [5.41, 5.74) is 1.40. The molecule has 0 aliphatic carbocycles. The highest BCUT2D eigenvalue weighted by Crippen LogP contribution is 2.34. The molecule has 1 saturated heterocycles. The van der Waals surface area contributed by atoms with Gasteiger partial charge in [0.1, 0.15) is 0 Å². The molecule has 0 spiro atoms. The number of hydrogen-bond acceptors (Lipinski definition) is 3. The third-order valence-electron chi connectivity index (χ3n) is 3.55. The first-order chi connectivity index (χ1) is 8.51. The normalized spacial score (nSPS) is 23.9. The lowest BCUT2D eigenvalue weighted by Gasteiger charge is -2.41. The van der Waals surface area contributed by atoms with Gasteiger partial charge in [0, 0.05) is 24.0 Å². The number of likely N-dealkylation sites (tertiary alicyclic amines) is 1. The molecule has 1 aromatic rings.